The molecule has 3 aromatic rings. The van der Waals surface area contributed by atoms with E-state index in [4.69, 9.17) is 9.73 Å². The first-order chi connectivity index (χ1) is 18.0. The molecule has 2 amide bonds. The van der Waals surface area contributed by atoms with Crippen molar-refractivity contribution in [3.8, 4) is 5.75 Å². The van der Waals surface area contributed by atoms with Gasteiger partial charge in [0.25, 0.3) is 11.8 Å². The Bertz CT molecular complexity index is 1350. The second kappa shape index (κ2) is 10.9. The highest BCUT2D eigenvalue weighted by atomic mass is 32.2. The van der Waals surface area contributed by atoms with Crippen LogP contribution in [-0.2, 0) is 4.79 Å². The molecule has 5 rings (SSSR count). The second-order valence-corrected chi connectivity index (χ2v) is 9.88. The van der Waals surface area contributed by atoms with Gasteiger partial charge in [-0.3, -0.25) is 9.59 Å². The van der Waals surface area contributed by atoms with E-state index in [1.54, 1.807) is 43.1 Å². The molecule has 0 saturated carbocycles. The number of anilines is 2. The standard InChI is InChI=1S/C29H28N4O3S/c1-19-25(28(35)32-22-7-4-3-5-8-22)26(33-17-6-18-37-29(33)30-19)20-9-13-23(14-10-20)31-27(34)21-11-15-24(36-2)16-12-21/h3-5,7-16,26H,6,17-18H2,1-2H3,(H,31,34)(H,32,35). The van der Waals surface area contributed by atoms with E-state index in [9.17, 15) is 9.59 Å². The fourth-order valence-electron chi connectivity index (χ4n) is 4.52. The average molecular weight is 513 g/mol. The van der Waals surface area contributed by atoms with E-state index in [0.717, 1.165) is 40.8 Å². The zero-order valence-corrected chi connectivity index (χ0v) is 21.5. The topological polar surface area (TPSA) is 83.0 Å². The number of carbonyl (C=O) groups excluding carboxylic acids is 2. The molecular formula is C29H28N4O3S. The largest absolute Gasteiger partial charge is 0.497 e. The van der Waals surface area contributed by atoms with Gasteiger partial charge in [-0.05, 0) is 67.4 Å². The fourth-order valence-corrected chi connectivity index (χ4v) is 5.54. The van der Waals surface area contributed by atoms with Crippen molar-refractivity contribution in [2.24, 2.45) is 4.99 Å². The number of para-hydroxylation sites is 1. The number of benzene rings is 3. The van der Waals surface area contributed by atoms with Gasteiger partial charge in [-0.15, -0.1) is 0 Å². The zero-order valence-electron chi connectivity index (χ0n) is 20.7. The summed E-state index contributed by atoms with van der Waals surface area (Å²) in [6, 6.07) is 23.8. The van der Waals surface area contributed by atoms with E-state index in [1.807, 2.05) is 61.5 Å². The summed E-state index contributed by atoms with van der Waals surface area (Å²) in [5, 5.41) is 6.93. The van der Waals surface area contributed by atoms with Gasteiger partial charge in [0.2, 0.25) is 0 Å². The highest BCUT2D eigenvalue weighted by Crippen LogP contribution is 2.40. The van der Waals surface area contributed by atoms with Crippen LogP contribution >= 0.6 is 11.8 Å². The Labute approximate surface area is 220 Å². The Hall–Kier alpha value is -4.04. The molecule has 0 bridgehead atoms. The molecule has 2 N–H and O–H groups in total. The summed E-state index contributed by atoms with van der Waals surface area (Å²) in [6.45, 7) is 2.72. The van der Waals surface area contributed by atoms with Crippen LogP contribution in [0.1, 0.15) is 35.3 Å². The van der Waals surface area contributed by atoms with Crippen LogP contribution in [0, 0.1) is 0 Å². The maximum Gasteiger partial charge on any atom is 0.255 e. The molecule has 37 heavy (non-hydrogen) atoms. The van der Waals surface area contributed by atoms with Crippen LogP contribution in [0.5, 0.6) is 5.75 Å². The first kappa shape index (κ1) is 24.6. The third-order valence-electron chi connectivity index (χ3n) is 6.37. The number of allylic oxidation sites excluding steroid dienone is 1. The average Bonchev–Trinajstić information content (AvgIpc) is 2.93. The van der Waals surface area contributed by atoms with Crippen molar-refractivity contribution in [1.29, 1.82) is 0 Å². The number of fused-ring (bicyclic) bond motifs is 1. The summed E-state index contributed by atoms with van der Waals surface area (Å²) in [5.41, 5.74) is 4.28. The molecule has 0 spiro atoms. The highest BCUT2D eigenvalue weighted by Gasteiger charge is 2.37. The fraction of sp³-hybridized carbons (Fsp3) is 0.207. The van der Waals surface area contributed by atoms with Gasteiger partial charge in [-0.2, -0.15) is 0 Å². The molecule has 0 radical (unpaired) electrons. The van der Waals surface area contributed by atoms with Crippen LogP contribution in [0.3, 0.4) is 0 Å². The van der Waals surface area contributed by atoms with Crippen LogP contribution in [0.4, 0.5) is 11.4 Å². The molecule has 1 atom stereocenters. The van der Waals surface area contributed by atoms with Gasteiger partial charge in [0, 0.05) is 29.2 Å². The summed E-state index contributed by atoms with van der Waals surface area (Å²) < 4.78 is 5.16. The summed E-state index contributed by atoms with van der Waals surface area (Å²) in [4.78, 5) is 33.2. The number of nitrogens with one attached hydrogen (secondary N) is 2. The van der Waals surface area contributed by atoms with Crippen molar-refractivity contribution < 1.29 is 14.3 Å². The van der Waals surface area contributed by atoms with Crippen LogP contribution < -0.4 is 15.4 Å². The molecule has 188 valence electrons. The predicted molar refractivity (Wildman–Crippen MR) is 149 cm³/mol. The van der Waals surface area contributed by atoms with Crippen LogP contribution in [-0.4, -0.2) is 41.3 Å². The highest BCUT2D eigenvalue weighted by molar-refractivity contribution is 8.13. The number of rotatable bonds is 6. The molecule has 7 nitrogen and oxygen atoms in total. The van der Waals surface area contributed by atoms with Crippen molar-refractivity contribution in [3.05, 3.63) is 101 Å². The van der Waals surface area contributed by atoms with E-state index < -0.39 is 0 Å². The van der Waals surface area contributed by atoms with Gasteiger partial charge >= 0.3 is 0 Å². The minimum Gasteiger partial charge on any atom is -0.497 e. The van der Waals surface area contributed by atoms with E-state index >= 15 is 0 Å². The van der Waals surface area contributed by atoms with E-state index in [-0.39, 0.29) is 17.9 Å². The summed E-state index contributed by atoms with van der Waals surface area (Å²) in [5.74, 6) is 1.34. The third-order valence-corrected chi connectivity index (χ3v) is 7.45. The number of ether oxygens (including phenoxy) is 1. The monoisotopic (exact) mass is 512 g/mol. The predicted octanol–water partition coefficient (Wildman–Crippen LogP) is 5.71. The molecule has 1 unspecified atom stereocenters. The first-order valence-corrected chi connectivity index (χ1v) is 13.1. The van der Waals surface area contributed by atoms with Crippen LogP contribution in [0.2, 0.25) is 0 Å². The van der Waals surface area contributed by atoms with Gasteiger partial charge in [-0.1, -0.05) is 42.1 Å². The zero-order chi connectivity index (χ0) is 25.8. The Morgan fingerprint density at radius 2 is 1.59 bits per heavy atom. The lowest BCUT2D eigenvalue weighted by molar-refractivity contribution is -0.113. The van der Waals surface area contributed by atoms with Gasteiger partial charge in [0.05, 0.1) is 24.4 Å². The number of carbonyl (C=O) groups is 2. The molecule has 0 aromatic heterocycles. The quantitative estimate of drug-likeness (QED) is 0.442. The lowest BCUT2D eigenvalue weighted by Gasteiger charge is -2.40. The number of amides is 2. The van der Waals surface area contributed by atoms with Crippen molar-refractivity contribution in [3.63, 3.8) is 0 Å². The minimum atomic E-state index is -0.268. The summed E-state index contributed by atoms with van der Waals surface area (Å²) in [6.07, 6.45) is 1.02. The number of thioether (sulfide) groups is 1. The third kappa shape index (κ3) is 5.39. The van der Waals surface area contributed by atoms with Gasteiger partial charge < -0.3 is 20.3 Å². The molecular weight excluding hydrogens is 484 g/mol. The van der Waals surface area contributed by atoms with Crippen molar-refractivity contribution >= 4 is 40.1 Å². The molecule has 1 fully saturated rings. The maximum atomic E-state index is 13.5. The smallest absolute Gasteiger partial charge is 0.255 e. The number of amidine groups is 1. The van der Waals surface area contributed by atoms with Crippen LogP contribution in [0.15, 0.2) is 95.1 Å². The Morgan fingerprint density at radius 3 is 2.30 bits per heavy atom. The SMILES string of the molecule is COc1ccc(C(=O)Nc2ccc(C3C(C(=O)Nc4ccccc4)=C(C)N=C4SCCCN43)cc2)cc1. The molecule has 2 heterocycles. The minimum absolute atomic E-state index is 0.163. The molecule has 2 aliphatic rings. The lowest BCUT2D eigenvalue weighted by Crippen LogP contribution is -2.43. The Balaban J connectivity index is 1.40. The van der Waals surface area contributed by atoms with E-state index in [2.05, 4.69) is 15.5 Å². The normalized spacial score (nSPS) is 17.0. The van der Waals surface area contributed by atoms with Gasteiger partial charge in [-0.25, -0.2) is 4.99 Å². The van der Waals surface area contributed by atoms with Gasteiger partial charge in [0.15, 0.2) is 5.17 Å². The number of methoxy groups -OCH3 is 1. The van der Waals surface area contributed by atoms with E-state index in [0.29, 0.717) is 22.6 Å². The lowest BCUT2D eigenvalue weighted by atomic mass is 9.93. The number of aliphatic imine (C=N–C) groups is 1. The molecule has 3 aromatic carbocycles. The maximum absolute atomic E-state index is 13.5. The van der Waals surface area contributed by atoms with Gasteiger partial charge in [0.1, 0.15) is 5.75 Å². The molecule has 0 aliphatic carbocycles. The van der Waals surface area contributed by atoms with Crippen molar-refractivity contribution in [2.75, 3.05) is 30.0 Å². The van der Waals surface area contributed by atoms with Crippen LogP contribution in [0.25, 0.3) is 0 Å². The van der Waals surface area contributed by atoms with Crippen molar-refractivity contribution in [1.82, 2.24) is 4.90 Å². The first-order valence-electron chi connectivity index (χ1n) is 12.1. The number of hydrogen-bond donors (Lipinski definition) is 2. The number of hydrogen-bond acceptors (Lipinski definition) is 6. The molecule has 8 heteroatoms. The Kier molecular flexibility index (Phi) is 7.28. The van der Waals surface area contributed by atoms with E-state index in [1.165, 1.54) is 0 Å². The molecule has 1 saturated heterocycles. The van der Waals surface area contributed by atoms with Crippen molar-refractivity contribution in [2.45, 2.75) is 19.4 Å². The molecule has 2 aliphatic heterocycles. The second-order valence-electron chi connectivity index (χ2n) is 8.82. The number of nitrogens with zero attached hydrogens (tertiary/aromatic N) is 2. The Morgan fingerprint density at radius 1 is 0.919 bits per heavy atom. The summed E-state index contributed by atoms with van der Waals surface area (Å²) in [7, 11) is 1.59. The summed E-state index contributed by atoms with van der Waals surface area (Å²) >= 11 is 1.72.